The topological polar surface area (TPSA) is 41.6 Å². The SMILES string of the molecule is COc1cccc2c1N(C)CC(C)(C)C(=O)N2. The lowest BCUT2D eigenvalue weighted by atomic mass is 9.92. The number of para-hydroxylation sites is 1. The molecule has 1 aliphatic heterocycles. The van der Waals surface area contributed by atoms with Gasteiger partial charge in [0, 0.05) is 13.6 Å². The van der Waals surface area contributed by atoms with Crippen LogP contribution in [-0.2, 0) is 4.79 Å². The quantitative estimate of drug-likeness (QED) is 0.809. The van der Waals surface area contributed by atoms with E-state index >= 15 is 0 Å². The van der Waals surface area contributed by atoms with Gasteiger partial charge in [-0.3, -0.25) is 4.79 Å². The molecule has 0 saturated carbocycles. The zero-order chi connectivity index (χ0) is 12.6. The zero-order valence-electron chi connectivity index (χ0n) is 10.7. The van der Waals surface area contributed by atoms with E-state index in [0.29, 0.717) is 6.54 Å². The molecule has 0 aliphatic carbocycles. The van der Waals surface area contributed by atoms with Gasteiger partial charge in [0.25, 0.3) is 0 Å². The Morgan fingerprint density at radius 2 is 2.12 bits per heavy atom. The van der Waals surface area contributed by atoms with Gasteiger partial charge in [-0.25, -0.2) is 0 Å². The molecule has 1 aromatic rings. The number of nitrogens with one attached hydrogen (secondary N) is 1. The predicted octanol–water partition coefficient (Wildman–Crippen LogP) is 2.11. The monoisotopic (exact) mass is 234 g/mol. The van der Waals surface area contributed by atoms with E-state index in [9.17, 15) is 4.79 Å². The number of nitrogens with zero attached hydrogens (tertiary/aromatic N) is 1. The lowest BCUT2D eigenvalue weighted by molar-refractivity contribution is -0.123. The van der Waals surface area contributed by atoms with Gasteiger partial charge in [-0.1, -0.05) is 6.07 Å². The third-order valence-electron chi connectivity index (χ3n) is 3.10. The van der Waals surface area contributed by atoms with Crippen molar-refractivity contribution < 1.29 is 9.53 Å². The Morgan fingerprint density at radius 1 is 1.41 bits per heavy atom. The van der Waals surface area contributed by atoms with Gasteiger partial charge in [0.05, 0.1) is 18.2 Å². The highest BCUT2D eigenvalue weighted by molar-refractivity contribution is 6.00. The largest absolute Gasteiger partial charge is 0.495 e. The number of amides is 1. The molecule has 92 valence electrons. The molecular weight excluding hydrogens is 216 g/mol. The highest BCUT2D eigenvalue weighted by Crippen LogP contribution is 2.39. The summed E-state index contributed by atoms with van der Waals surface area (Å²) < 4.78 is 5.35. The maximum absolute atomic E-state index is 12.1. The number of benzene rings is 1. The molecule has 4 heteroatoms. The Bertz CT molecular complexity index is 455. The molecule has 4 nitrogen and oxygen atoms in total. The Balaban J connectivity index is 2.53. The van der Waals surface area contributed by atoms with E-state index in [0.717, 1.165) is 17.1 Å². The van der Waals surface area contributed by atoms with E-state index < -0.39 is 5.41 Å². The summed E-state index contributed by atoms with van der Waals surface area (Å²) in [7, 11) is 3.62. The van der Waals surface area contributed by atoms with Crippen LogP contribution in [0.25, 0.3) is 0 Å². The molecule has 0 atom stereocenters. The molecule has 1 aromatic carbocycles. The lowest BCUT2D eigenvalue weighted by Gasteiger charge is -2.27. The average molecular weight is 234 g/mol. The molecule has 1 N–H and O–H groups in total. The number of rotatable bonds is 1. The minimum absolute atomic E-state index is 0.0383. The van der Waals surface area contributed by atoms with Crippen molar-refractivity contribution in [3.05, 3.63) is 18.2 Å². The third-order valence-corrected chi connectivity index (χ3v) is 3.10. The van der Waals surface area contributed by atoms with Gasteiger partial charge in [0.1, 0.15) is 11.4 Å². The Morgan fingerprint density at radius 3 is 2.76 bits per heavy atom. The van der Waals surface area contributed by atoms with Gasteiger partial charge in [0.15, 0.2) is 0 Å². The summed E-state index contributed by atoms with van der Waals surface area (Å²) in [5, 5.41) is 2.96. The fourth-order valence-electron chi connectivity index (χ4n) is 2.22. The van der Waals surface area contributed by atoms with Crippen LogP contribution in [0, 0.1) is 5.41 Å². The number of carbonyl (C=O) groups excluding carboxylic acids is 1. The van der Waals surface area contributed by atoms with E-state index in [1.54, 1.807) is 7.11 Å². The lowest BCUT2D eigenvalue weighted by Crippen LogP contribution is -2.37. The number of hydrogen-bond donors (Lipinski definition) is 1. The summed E-state index contributed by atoms with van der Waals surface area (Å²) in [4.78, 5) is 14.1. The van der Waals surface area contributed by atoms with Crippen molar-refractivity contribution in [3.8, 4) is 5.75 Å². The van der Waals surface area contributed by atoms with E-state index in [2.05, 4.69) is 10.2 Å². The maximum Gasteiger partial charge on any atom is 0.231 e. The van der Waals surface area contributed by atoms with Gasteiger partial charge >= 0.3 is 0 Å². The summed E-state index contributed by atoms with van der Waals surface area (Å²) in [6, 6.07) is 5.68. The Labute approximate surface area is 102 Å². The number of methoxy groups -OCH3 is 1. The standard InChI is InChI=1S/C13H18N2O2/c1-13(2)8-15(3)11-9(14-12(13)16)6-5-7-10(11)17-4/h5-7H,8H2,1-4H3,(H,14,16). The van der Waals surface area contributed by atoms with Crippen molar-refractivity contribution in [2.75, 3.05) is 30.9 Å². The first-order valence-electron chi connectivity index (χ1n) is 5.65. The van der Waals surface area contributed by atoms with Crippen molar-refractivity contribution in [1.82, 2.24) is 0 Å². The molecule has 17 heavy (non-hydrogen) atoms. The summed E-state index contributed by atoms with van der Waals surface area (Å²) in [5.41, 5.74) is 1.33. The summed E-state index contributed by atoms with van der Waals surface area (Å²) in [5.74, 6) is 0.819. The van der Waals surface area contributed by atoms with Crippen molar-refractivity contribution in [2.45, 2.75) is 13.8 Å². The molecular formula is C13H18N2O2. The minimum Gasteiger partial charge on any atom is -0.495 e. The van der Waals surface area contributed by atoms with Crippen molar-refractivity contribution in [3.63, 3.8) is 0 Å². The second kappa shape index (κ2) is 3.95. The molecule has 0 spiro atoms. The van der Waals surface area contributed by atoms with E-state index in [1.807, 2.05) is 39.1 Å². The molecule has 0 unspecified atom stereocenters. The molecule has 0 saturated heterocycles. The van der Waals surface area contributed by atoms with Crippen molar-refractivity contribution in [1.29, 1.82) is 0 Å². The Hall–Kier alpha value is -1.71. The van der Waals surface area contributed by atoms with Gasteiger partial charge in [-0.05, 0) is 26.0 Å². The van der Waals surface area contributed by atoms with E-state index in [1.165, 1.54) is 0 Å². The van der Waals surface area contributed by atoms with Crippen molar-refractivity contribution in [2.24, 2.45) is 5.41 Å². The van der Waals surface area contributed by atoms with Crippen LogP contribution in [0.2, 0.25) is 0 Å². The van der Waals surface area contributed by atoms with Crippen LogP contribution in [-0.4, -0.2) is 26.6 Å². The number of ether oxygens (including phenoxy) is 1. The normalized spacial score (nSPS) is 18.1. The number of hydrogen-bond acceptors (Lipinski definition) is 3. The van der Waals surface area contributed by atoms with Gasteiger partial charge in [0.2, 0.25) is 5.91 Å². The van der Waals surface area contributed by atoms with E-state index in [-0.39, 0.29) is 5.91 Å². The summed E-state index contributed by atoms with van der Waals surface area (Å²) >= 11 is 0. The third kappa shape index (κ3) is 1.95. The molecule has 1 aliphatic rings. The van der Waals surface area contributed by atoms with Crippen molar-refractivity contribution >= 4 is 17.3 Å². The zero-order valence-corrected chi connectivity index (χ0v) is 10.7. The fraction of sp³-hybridized carbons (Fsp3) is 0.462. The first-order valence-corrected chi connectivity index (χ1v) is 5.65. The molecule has 1 heterocycles. The minimum atomic E-state index is -0.418. The molecule has 0 aromatic heterocycles. The highest BCUT2D eigenvalue weighted by atomic mass is 16.5. The van der Waals surface area contributed by atoms with Crippen LogP contribution in [0.1, 0.15) is 13.8 Å². The average Bonchev–Trinajstić information content (AvgIpc) is 2.35. The fourth-order valence-corrected chi connectivity index (χ4v) is 2.22. The van der Waals surface area contributed by atoms with E-state index in [4.69, 9.17) is 4.74 Å². The maximum atomic E-state index is 12.1. The van der Waals surface area contributed by atoms with Crippen LogP contribution < -0.4 is 15.0 Å². The summed E-state index contributed by atoms with van der Waals surface area (Å²) in [6.07, 6.45) is 0. The van der Waals surface area contributed by atoms with Gasteiger partial charge in [-0.15, -0.1) is 0 Å². The summed E-state index contributed by atoms with van der Waals surface area (Å²) in [6.45, 7) is 4.54. The first kappa shape index (κ1) is 11.8. The first-order chi connectivity index (χ1) is 7.95. The van der Waals surface area contributed by atoms with Gasteiger partial charge < -0.3 is 15.0 Å². The predicted molar refractivity (Wildman–Crippen MR) is 68.7 cm³/mol. The number of anilines is 2. The van der Waals surface area contributed by atoms with Crippen LogP contribution in [0.5, 0.6) is 5.75 Å². The molecule has 1 amide bonds. The molecule has 0 bridgehead atoms. The highest BCUT2D eigenvalue weighted by Gasteiger charge is 2.34. The van der Waals surface area contributed by atoms with Crippen LogP contribution in [0.3, 0.4) is 0 Å². The second-order valence-corrected chi connectivity index (χ2v) is 5.05. The second-order valence-electron chi connectivity index (χ2n) is 5.05. The molecule has 0 fully saturated rings. The van der Waals surface area contributed by atoms with Crippen LogP contribution in [0.15, 0.2) is 18.2 Å². The number of fused-ring (bicyclic) bond motifs is 1. The van der Waals surface area contributed by atoms with Crippen LogP contribution >= 0.6 is 0 Å². The van der Waals surface area contributed by atoms with Gasteiger partial charge in [-0.2, -0.15) is 0 Å². The smallest absolute Gasteiger partial charge is 0.231 e. The molecule has 0 radical (unpaired) electrons. The Kier molecular flexibility index (Phi) is 2.73. The van der Waals surface area contributed by atoms with Crippen LogP contribution in [0.4, 0.5) is 11.4 Å². The number of carbonyl (C=O) groups is 1. The molecule has 2 rings (SSSR count).